The molecule has 110 valence electrons. The molecule has 1 amide bonds. The maximum Gasteiger partial charge on any atom is 0.289 e. The maximum absolute atomic E-state index is 12.7. The Morgan fingerprint density at radius 3 is 2.71 bits per heavy atom. The Labute approximate surface area is 124 Å². The van der Waals surface area contributed by atoms with Crippen molar-refractivity contribution in [2.24, 2.45) is 5.92 Å². The Bertz CT molecular complexity index is 637. The van der Waals surface area contributed by atoms with Gasteiger partial charge in [0.15, 0.2) is 5.76 Å². The lowest BCUT2D eigenvalue weighted by molar-refractivity contribution is 0.0148. The molecule has 2 bridgehead atoms. The number of rotatable bonds is 2. The second kappa shape index (κ2) is 4.88. The first-order valence-corrected chi connectivity index (χ1v) is 7.70. The van der Waals surface area contributed by atoms with Gasteiger partial charge in [-0.1, -0.05) is 18.2 Å². The summed E-state index contributed by atoms with van der Waals surface area (Å²) in [5.74, 6) is 1.11. The van der Waals surface area contributed by atoms with Gasteiger partial charge in [-0.2, -0.15) is 0 Å². The van der Waals surface area contributed by atoms with Crippen molar-refractivity contribution >= 4 is 16.9 Å². The quantitative estimate of drug-likeness (QED) is 0.850. The van der Waals surface area contributed by atoms with Crippen LogP contribution in [0.1, 0.15) is 23.4 Å². The van der Waals surface area contributed by atoms with E-state index in [-0.39, 0.29) is 5.91 Å². The molecule has 2 aromatic rings. The van der Waals surface area contributed by atoms with Crippen LogP contribution in [0.15, 0.2) is 34.7 Å². The van der Waals surface area contributed by atoms with Crippen molar-refractivity contribution in [3.05, 3.63) is 36.1 Å². The molecule has 0 saturated carbocycles. The number of amides is 1. The first-order chi connectivity index (χ1) is 10.2. The summed E-state index contributed by atoms with van der Waals surface area (Å²) in [6, 6.07) is 9.95. The fourth-order valence-corrected chi connectivity index (χ4v) is 3.78. The summed E-state index contributed by atoms with van der Waals surface area (Å²) in [5.41, 5.74) is 0.781. The maximum atomic E-state index is 12.7. The van der Waals surface area contributed by atoms with Crippen LogP contribution in [-0.2, 0) is 0 Å². The molecule has 3 aliphatic rings. The molecule has 1 aromatic carbocycles. The molecule has 4 heterocycles. The molecule has 5 rings (SSSR count). The fourth-order valence-electron chi connectivity index (χ4n) is 3.78. The van der Waals surface area contributed by atoms with Gasteiger partial charge in [0.1, 0.15) is 5.58 Å². The smallest absolute Gasteiger partial charge is 0.289 e. The number of nitrogens with zero attached hydrogens (tertiary/aromatic N) is 2. The van der Waals surface area contributed by atoms with Crippen LogP contribution in [0.3, 0.4) is 0 Å². The van der Waals surface area contributed by atoms with Crippen LogP contribution in [0, 0.1) is 5.92 Å². The molecule has 0 spiro atoms. The van der Waals surface area contributed by atoms with E-state index >= 15 is 0 Å². The molecule has 1 atom stereocenters. The van der Waals surface area contributed by atoms with Gasteiger partial charge in [0.25, 0.3) is 5.91 Å². The summed E-state index contributed by atoms with van der Waals surface area (Å²) in [4.78, 5) is 17.1. The van der Waals surface area contributed by atoms with Gasteiger partial charge < -0.3 is 14.2 Å². The van der Waals surface area contributed by atoms with E-state index in [2.05, 4.69) is 4.90 Å². The van der Waals surface area contributed by atoms with Crippen LogP contribution in [0.4, 0.5) is 0 Å². The molecule has 3 fully saturated rings. The van der Waals surface area contributed by atoms with Gasteiger partial charge in [-0.3, -0.25) is 4.79 Å². The molecule has 3 aliphatic heterocycles. The van der Waals surface area contributed by atoms with E-state index in [0.717, 1.165) is 17.5 Å². The minimum Gasteiger partial charge on any atom is -0.451 e. The van der Waals surface area contributed by atoms with Crippen molar-refractivity contribution in [2.75, 3.05) is 26.7 Å². The number of carbonyl (C=O) groups excluding carboxylic acids is 1. The van der Waals surface area contributed by atoms with Gasteiger partial charge in [0.2, 0.25) is 0 Å². The average Bonchev–Trinajstić information content (AvgIpc) is 2.98. The molecule has 21 heavy (non-hydrogen) atoms. The number of benzene rings is 1. The average molecular weight is 284 g/mol. The Morgan fingerprint density at radius 2 is 2.05 bits per heavy atom. The van der Waals surface area contributed by atoms with Gasteiger partial charge >= 0.3 is 0 Å². The van der Waals surface area contributed by atoms with E-state index in [1.54, 1.807) is 0 Å². The Balaban J connectivity index is 1.58. The van der Waals surface area contributed by atoms with Crippen LogP contribution in [0.5, 0.6) is 0 Å². The Hall–Kier alpha value is -1.81. The summed E-state index contributed by atoms with van der Waals surface area (Å²) >= 11 is 0. The highest BCUT2D eigenvalue weighted by molar-refractivity contribution is 5.96. The minimum absolute atomic E-state index is 0.00458. The van der Waals surface area contributed by atoms with E-state index in [1.807, 2.05) is 42.3 Å². The summed E-state index contributed by atoms with van der Waals surface area (Å²) in [7, 11) is 1.92. The molecule has 4 heteroatoms. The number of piperidine rings is 3. The highest BCUT2D eigenvalue weighted by Crippen LogP contribution is 2.31. The molecule has 0 N–H and O–H groups in total. The molecule has 0 aliphatic carbocycles. The second-order valence-electron chi connectivity index (χ2n) is 6.27. The molecule has 4 nitrogen and oxygen atoms in total. The number of para-hydroxylation sites is 1. The molecule has 3 saturated heterocycles. The van der Waals surface area contributed by atoms with Crippen molar-refractivity contribution in [3.63, 3.8) is 0 Å². The van der Waals surface area contributed by atoms with Crippen molar-refractivity contribution in [1.29, 1.82) is 0 Å². The largest absolute Gasteiger partial charge is 0.451 e. The van der Waals surface area contributed by atoms with Crippen LogP contribution in [0.25, 0.3) is 11.0 Å². The van der Waals surface area contributed by atoms with E-state index < -0.39 is 0 Å². The molecule has 0 unspecified atom stereocenters. The third-order valence-electron chi connectivity index (χ3n) is 5.08. The van der Waals surface area contributed by atoms with Gasteiger partial charge in [0, 0.05) is 25.0 Å². The topological polar surface area (TPSA) is 36.7 Å². The third-order valence-corrected chi connectivity index (χ3v) is 5.08. The van der Waals surface area contributed by atoms with Crippen LogP contribution < -0.4 is 0 Å². The summed E-state index contributed by atoms with van der Waals surface area (Å²) in [5, 5.41) is 0.989. The Kier molecular flexibility index (Phi) is 3.00. The van der Waals surface area contributed by atoms with Crippen LogP contribution in [-0.4, -0.2) is 48.4 Å². The van der Waals surface area contributed by atoms with E-state index in [1.165, 1.54) is 25.9 Å². The summed E-state index contributed by atoms with van der Waals surface area (Å²) in [6.45, 7) is 3.38. The standard InChI is InChI=1S/C17H20N2O2/c1-18(14-11-19-8-6-12(14)7-9-19)17(20)16-10-13-4-2-3-5-15(13)21-16/h2-5,10,12,14H,6-9,11H2,1H3/t14-/m0/s1. The lowest BCUT2D eigenvalue weighted by Gasteiger charge is -2.47. The number of likely N-dealkylation sites (N-methyl/N-ethyl adjacent to an activating group) is 1. The first-order valence-electron chi connectivity index (χ1n) is 7.70. The van der Waals surface area contributed by atoms with Gasteiger partial charge in [-0.05, 0) is 44.0 Å². The monoisotopic (exact) mass is 284 g/mol. The zero-order valence-electron chi connectivity index (χ0n) is 12.3. The van der Waals surface area contributed by atoms with Crippen molar-refractivity contribution in [2.45, 2.75) is 18.9 Å². The van der Waals surface area contributed by atoms with E-state index in [4.69, 9.17) is 4.42 Å². The third kappa shape index (κ3) is 2.14. The van der Waals surface area contributed by atoms with Gasteiger partial charge in [-0.25, -0.2) is 0 Å². The number of fused-ring (bicyclic) bond motifs is 4. The molecule has 1 aromatic heterocycles. The normalized spacial score (nSPS) is 28.0. The van der Waals surface area contributed by atoms with Gasteiger partial charge in [-0.15, -0.1) is 0 Å². The molecular formula is C17H20N2O2. The lowest BCUT2D eigenvalue weighted by Crippen LogP contribution is -2.57. The SMILES string of the molecule is CN(C(=O)c1cc2ccccc2o1)[C@H]1CN2CCC1CC2. The summed E-state index contributed by atoms with van der Waals surface area (Å²) in [6.07, 6.45) is 2.42. The molecular weight excluding hydrogens is 264 g/mol. The second-order valence-corrected chi connectivity index (χ2v) is 6.27. The fraction of sp³-hybridized carbons (Fsp3) is 0.471. The Morgan fingerprint density at radius 1 is 1.29 bits per heavy atom. The zero-order valence-corrected chi connectivity index (χ0v) is 12.3. The van der Waals surface area contributed by atoms with Crippen molar-refractivity contribution in [3.8, 4) is 0 Å². The first kappa shape index (κ1) is 12.9. The number of hydrogen-bond donors (Lipinski definition) is 0. The van der Waals surface area contributed by atoms with Crippen LogP contribution in [0.2, 0.25) is 0 Å². The molecule has 0 radical (unpaired) electrons. The van der Waals surface area contributed by atoms with Crippen molar-refractivity contribution < 1.29 is 9.21 Å². The van der Waals surface area contributed by atoms with E-state index in [9.17, 15) is 4.79 Å². The number of carbonyl (C=O) groups is 1. The van der Waals surface area contributed by atoms with Gasteiger partial charge in [0.05, 0.1) is 0 Å². The van der Waals surface area contributed by atoms with E-state index in [0.29, 0.717) is 17.7 Å². The lowest BCUT2D eigenvalue weighted by atomic mass is 9.83. The predicted molar refractivity (Wildman–Crippen MR) is 81.3 cm³/mol. The minimum atomic E-state index is 0.00458. The van der Waals surface area contributed by atoms with Crippen LogP contribution >= 0.6 is 0 Å². The summed E-state index contributed by atoms with van der Waals surface area (Å²) < 4.78 is 5.72. The number of hydrogen-bond acceptors (Lipinski definition) is 3. The van der Waals surface area contributed by atoms with Crippen molar-refractivity contribution in [1.82, 2.24) is 9.80 Å². The zero-order chi connectivity index (χ0) is 14.4. The number of furan rings is 1. The predicted octanol–water partition coefficient (Wildman–Crippen LogP) is 2.60. The highest BCUT2D eigenvalue weighted by Gasteiger charge is 2.38. The highest BCUT2D eigenvalue weighted by atomic mass is 16.3.